The summed E-state index contributed by atoms with van der Waals surface area (Å²) in [5.74, 6) is -0.155. The summed E-state index contributed by atoms with van der Waals surface area (Å²) >= 11 is 0. The number of rotatable bonds is 9. The molecule has 0 spiro atoms. The van der Waals surface area contributed by atoms with Crippen molar-refractivity contribution in [3.63, 3.8) is 0 Å². The van der Waals surface area contributed by atoms with Gasteiger partial charge in [-0.05, 0) is 56.9 Å². The molecule has 1 amide bonds. The lowest BCUT2D eigenvalue weighted by molar-refractivity contribution is -0.120. The van der Waals surface area contributed by atoms with Crippen molar-refractivity contribution in [2.75, 3.05) is 24.5 Å². The number of nitrogens with zero attached hydrogens (tertiary/aromatic N) is 1. The molecule has 3 aromatic rings. The molecule has 1 heterocycles. The number of anilines is 1. The molecule has 0 aliphatic rings. The molecule has 0 atom stereocenters. The SMILES string of the molecule is CCN(CC)c1ccc2c(C)c(CC(=O)NCCCc3ccccc3)c(=O)oc2c1. The molecule has 0 bridgehead atoms. The molecule has 158 valence electrons. The first-order valence-electron chi connectivity index (χ1n) is 10.6. The summed E-state index contributed by atoms with van der Waals surface area (Å²) in [7, 11) is 0. The highest BCUT2D eigenvalue weighted by molar-refractivity contribution is 5.86. The van der Waals surface area contributed by atoms with Crippen LogP contribution >= 0.6 is 0 Å². The zero-order chi connectivity index (χ0) is 21.5. The third-order valence-electron chi connectivity index (χ3n) is 5.54. The molecule has 0 unspecified atom stereocenters. The van der Waals surface area contributed by atoms with E-state index in [2.05, 4.69) is 36.2 Å². The molecule has 2 aromatic carbocycles. The summed E-state index contributed by atoms with van der Waals surface area (Å²) in [5, 5.41) is 3.79. The molecule has 0 aliphatic carbocycles. The van der Waals surface area contributed by atoms with E-state index in [4.69, 9.17) is 4.42 Å². The predicted molar refractivity (Wildman–Crippen MR) is 122 cm³/mol. The molecule has 0 radical (unpaired) electrons. The number of benzene rings is 2. The third-order valence-corrected chi connectivity index (χ3v) is 5.54. The molecule has 5 nitrogen and oxygen atoms in total. The van der Waals surface area contributed by atoms with E-state index < -0.39 is 5.63 Å². The zero-order valence-electron chi connectivity index (χ0n) is 18.0. The normalized spacial score (nSPS) is 10.9. The summed E-state index contributed by atoms with van der Waals surface area (Å²) in [6.07, 6.45) is 1.80. The van der Waals surface area contributed by atoms with E-state index in [-0.39, 0.29) is 12.3 Å². The van der Waals surface area contributed by atoms with Gasteiger partial charge in [-0.1, -0.05) is 30.3 Å². The van der Waals surface area contributed by atoms with E-state index >= 15 is 0 Å². The lowest BCUT2D eigenvalue weighted by atomic mass is 10.0. The van der Waals surface area contributed by atoms with Gasteiger partial charge in [0.1, 0.15) is 5.58 Å². The van der Waals surface area contributed by atoms with Crippen LogP contribution in [0.3, 0.4) is 0 Å². The summed E-state index contributed by atoms with van der Waals surface area (Å²) in [4.78, 5) is 27.2. The van der Waals surface area contributed by atoms with E-state index in [0.29, 0.717) is 17.7 Å². The van der Waals surface area contributed by atoms with Gasteiger partial charge in [-0.3, -0.25) is 4.79 Å². The summed E-state index contributed by atoms with van der Waals surface area (Å²) in [5.41, 5.74) is 3.65. The number of aryl methyl sites for hydroxylation is 2. The van der Waals surface area contributed by atoms with Gasteiger partial charge < -0.3 is 14.6 Å². The van der Waals surface area contributed by atoms with Crippen LogP contribution in [0.25, 0.3) is 11.0 Å². The summed E-state index contributed by atoms with van der Waals surface area (Å²) in [6, 6.07) is 16.1. The minimum Gasteiger partial charge on any atom is -0.422 e. The Morgan fingerprint density at radius 3 is 2.50 bits per heavy atom. The number of carbonyl (C=O) groups excluding carboxylic acids is 1. The van der Waals surface area contributed by atoms with Crippen molar-refractivity contribution in [3.8, 4) is 0 Å². The van der Waals surface area contributed by atoms with Crippen LogP contribution in [0.5, 0.6) is 0 Å². The second-order valence-electron chi connectivity index (χ2n) is 7.46. The Morgan fingerprint density at radius 1 is 1.07 bits per heavy atom. The maximum Gasteiger partial charge on any atom is 0.340 e. The molecule has 0 saturated heterocycles. The Labute approximate surface area is 177 Å². The molecule has 30 heavy (non-hydrogen) atoms. The fourth-order valence-corrected chi connectivity index (χ4v) is 3.76. The first-order chi connectivity index (χ1) is 14.5. The maximum atomic E-state index is 12.6. The summed E-state index contributed by atoms with van der Waals surface area (Å²) < 4.78 is 5.58. The van der Waals surface area contributed by atoms with Crippen LogP contribution in [0.1, 0.15) is 37.0 Å². The quantitative estimate of drug-likeness (QED) is 0.426. The van der Waals surface area contributed by atoms with E-state index in [9.17, 15) is 9.59 Å². The van der Waals surface area contributed by atoms with Crippen molar-refractivity contribution in [1.82, 2.24) is 5.32 Å². The highest BCUT2D eigenvalue weighted by atomic mass is 16.4. The van der Waals surface area contributed by atoms with Gasteiger partial charge in [0, 0.05) is 36.8 Å². The van der Waals surface area contributed by atoms with E-state index in [1.807, 2.05) is 43.3 Å². The lowest BCUT2D eigenvalue weighted by Crippen LogP contribution is -2.28. The van der Waals surface area contributed by atoms with E-state index in [1.54, 1.807) is 0 Å². The molecule has 0 saturated carbocycles. The monoisotopic (exact) mass is 406 g/mol. The minimum absolute atomic E-state index is 0.0350. The fourth-order valence-electron chi connectivity index (χ4n) is 3.76. The van der Waals surface area contributed by atoms with Crippen LogP contribution in [0, 0.1) is 6.92 Å². The van der Waals surface area contributed by atoms with Gasteiger partial charge in [-0.15, -0.1) is 0 Å². The molecular weight excluding hydrogens is 376 g/mol. The molecule has 3 rings (SSSR count). The first-order valence-corrected chi connectivity index (χ1v) is 10.6. The predicted octanol–water partition coefficient (Wildman–Crippen LogP) is 4.24. The number of hydrogen-bond donors (Lipinski definition) is 1. The number of carbonyl (C=O) groups is 1. The van der Waals surface area contributed by atoms with Crippen molar-refractivity contribution in [3.05, 3.63) is 75.6 Å². The number of fused-ring (bicyclic) bond motifs is 1. The van der Waals surface area contributed by atoms with Crippen molar-refractivity contribution in [1.29, 1.82) is 0 Å². The maximum absolute atomic E-state index is 12.6. The molecule has 5 heteroatoms. The van der Waals surface area contributed by atoms with Gasteiger partial charge in [-0.25, -0.2) is 4.79 Å². The Bertz CT molecular complexity index is 1050. The van der Waals surface area contributed by atoms with Gasteiger partial charge in [0.25, 0.3) is 0 Å². The van der Waals surface area contributed by atoms with Gasteiger partial charge in [0.15, 0.2) is 0 Å². The van der Waals surface area contributed by atoms with E-state index in [0.717, 1.165) is 42.6 Å². The topological polar surface area (TPSA) is 62.6 Å². The van der Waals surface area contributed by atoms with Crippen LogP contribution in [0.2, 0.25) is 0 Å². The van der Waals surface area contributed by atoms with E-state index in [1.165, 1.54) is 5.56 Å². The number of hydrogen-bond acceptors (Lipinski definition) is 4. The fraction of sp³-hybridized carbons (Fsp3) is 0.360. The van der Waals surface area contributed by atoms with Crippen molar-refractivity contribution in [2.45, 2.75) is 40.0 Å². The van der Waals surface area contributed by atoms with Crippen LogP contribution in [-0.2, 0) is 17.6 Å². The Kier molecular flexibility index (Phi) is 7.28. The molecule has 1 N–H and O–H groups in total. The Hall–Kier alpha value is -3.08. The van der Waals surface area contributed by atoms with Crippen LogP contribution < -0.4 is 15.8 Å². The minimum atomic E-state index is -0.434. The zero-order valence-corrected chi connectivity index (χ0v) is 18.0. The second-order valence-corrected chi connectivity index (χ2v) is 7.46. The van der Waals surface area contributed by atoms with Crippen molar-refractivity contribution < 1.29 is 9.21 Å². The Balaban J connectivity index is 1.67. The van der Waals surface area contributed by atoms with Crippen molar-refractivity contribution >= 4 is 22.6 Å². The van der Waals surface area contributed by atoms with Crippen LogP contribution in [-0.4, -0.2) is 25.5 Å². The highest BCUT2D eigenvalue weighted by Gasteiger charge is 2.15. The molecule has 0 fully saturated rings. The van der Waals surface area contributed by atoms with Crippen LogP contribution in [0.15, 0.2) is 57.7 Å². The Morgan fingerprint density at radius 2 is 1.80 bits per heavy atom. The lowest BCUT2D eigenvalue weighted by Gasteiger charge is -2.21. The van der Waals surface area contributed by atoms with Gasteiger partial charge in [-0.2, -0.15) is 0 Å². The molecule has 0 aliphatic heterocycles. The van der Waals surface area contributed by atoms with Gasteiger partial charge in [0.05, 0.1) is 12.0 Å². The highest BCUT2D eigenvalue weighted by Crippen LogP contribution is 2.25. The average molecular weight is 407 g/mol. The van der Waals surface area contributed by atoms with Crippen LogP contribution in [0.4, 0.5) is 5.69 Å². The first kappa shape index (κ1) is 21.6. The second kappa shape index (κ2) is 10.1. The average Bonchev–Trinajstić information content (AvgIpc) is 2.75. The smallest absolute Gasteiger partial charge is 0.340 e. The summed E-state index contributed by atoms with van der Waals surface area (Å²) in [6.45, 7) is 8.42. The van der Waals surface area contributed by atoms with Crippen molar-refractivity contribution in [2.24, 2.45) is 0 Å². The number of nitrogens with one attached hydrogen (secondary N) is 1. The molecular formula is C25H30N2O3. The van der Waals surface area contributed by atoms with Gasteiger partial charge in [0.2, 0.25) is 5.91 Å². The van der Waals surface area contributed by atoms with Gasteiger partial charge >= 0.3 is 5.63 Å². The molecule has 1 aromatic heterocycles. The number of amides is 1. The third kappa shape index (κ3) is 5.09. The largest absolute Gasteiger partial charge is 0.422 e. The standard InChI is InChI=1S/C25H30N2O3/c1-4-27(5-2)20-13-14-21-18(3)22(25(29)30-23(21)16-20)17-24(28)26-15-9-12-19-10-7-6-8-11-19/h6-8,10-11,13-14,16H,4-5,9,12,15,17H2,1-3H3,(H,26,28).